The van der Waals surface area contributed by atoms with Crippen LogP contribution in [-0.2, 0) is 16.1 Å². The van der Waals surface area contributed by atoms with Crippen LogP contribution in [0.4, 0.5) is 0 Å². The number of amides is 1. The Balaban J connectivity index is 1.53. The van der Waals surface area contributed by atoms with Gasteiger partial charge in [0, 0.05) is 30.0 Å². The van der Waals surface area contributed by atoms with Crippen molar-refractivity contribution in [2.75, 3.05) is 26.7 Å². The van der Waals surface area contributed by atoms with Crippen molar-refractivity contribution in [1.82, 2.24) is 20.5 Å². The third kappa shape index (κ3) is 6.24. The van der Waals surface area contributed by atoms with Crippen molar-refractivity contribution in [2.24, 2.45) is 5.92 Å². The van der Waals surface area contributed by atoms with Crippen molar-refractivity contribution in [1.29, 1.82) is 0 Å². The zero-order valence-corrected chi connectivity index (χ0v) is 17.5. The maximum Gasteiger partial charge on any atom is 0.223 e. The number of nitrogens with one attached hydrogen (secondary N) is 2. The molecule has 0 radical (unpaired) electrons. The number of hydrogen-bond acceptors (Lipinski definition) is 6. The molecular formula is C20H34N4O2S. The lowest BCUT2D eigenvalue weighted by Gasteiger charge is -2.40. The Morgan fingerprint density at radius 1 is 1.33 bits per heavy atom. The number of piperidine rings is 1. The molecule has 2 fully saturated rings. The predicted molar refractivity (Wildman–Crippen MR) is 109 cm³/mol. The number of nitrogens with zero attached hydrogens (tertiary/aromatic N) is 2. The molecule has 7 heteroatoms. The number of hydrogen-bond donors (Lipinski definition) is 2. The zero-order chi connectivity index (χ0) is 19.1. The van der Waals surface area contributed by atoms with Crippen LogP contribution in [0.25, 0.3) is 0 Å². The molecule has 1 aromatic rings. The minimum absolute atomic E-state index is 0.0638. The molecule has 1 amide bonds. The number of likely N-dealkylation sites (tertiary alicyclic amines) is 1. The molecule has 0 aromatic carbocycles. The van der Waals surface area contributed by atoms with Crippen molar-refractivity contribution in [2.45, 2.75) is 70.2 Å². The fourth-order valence-electron chi connectivity index (χ4n) is 4.15. The van der Waals surface area contributed by atoms with Gasteiger partial charge in [-0.15, -0.1) is 11.3 Å². The molecular weight excluding hydrogens is 360 g/mol. The highest BCUT2D eigenvalue weighted by Crippen LogP contribution is 2.28. The summed E-state index contributed by atoms with van der Waals surface area (Å²) in [5.41, 5.74) is 2.74. The van der Waals surface area contributed by atoms with E-state index in [9.17, 15) is 4.79 Å². The van der Waals surface area contributed by atoms with E-state index in [0.717, 1.165) is 51.1 Å². The average Bonchev–Trinajstić information content (AvgIpc) is 3.20. The number of carbonyl (C=O) groups excluding carboxylic acids is 1. The fourth-order valence-corrected chi connectivity index (χ4v) is 4.71. The van der Waals surface area contributed by atoms with E-state index in [1.54, 1.807) is 16.8 Å². The maximum atomic E-state index is 12.7. The summed E-state index contributed by atoms with van der Waals surface area (Å²) in [4.78, 5) is 19.3. The maximum absolute atomic E-state index is 12.7. The molecule has 1 aliphatic heterocycles. The monoisotopic (exact) mass is 394 g/mol. The van der Waals surface area contributed by atoms with E-state index in [-0.39, 0.29) is 24.0 Å². The van der Waals surface area contributed by atoms with Crippen molar-refractivity contribution >= 4 is 17.2 Å². The summed E-state index contributed by atoms with van der Waals surface area (Å²) in [6, 6.07) is 0.810. The van der Waals surface area contributed by atoms with Gasteiger partial charge < -0.3 is 20.3 Å². The minimum Gasteiger partial charge on any atom is -0.377 e. The Bertz CT molecular complexity index is 560. The number of ether oxygens (including phenoxy) is 1. The van der Waals surface area contributed by atoms with E-state index in [2.05, 4.69) is 34.5 Å². The van der Waals surface area contributed by atoms with E-state index in [0.29, 0.717) is 12.6 Å². The normalized spacial score (nSPS) is 27.6. The van der Waals surface area contributed by atoms with Crippen LogP contribution in [0, 0.1) is 5.92 Å². The van der Waals surface area contributed by atoms with E-state index < -0.39 is 0 Å². The summed E-state index contributed by atoms with van der Waals surface area (Å²) < 4.78 is 6.14. The molecule has 1 aliphatic carbocycles. The highest BCUT2D eigenvalue weighted by atomic mass is 32.1. The van der Waals surface area contributed by atoms with Crippen LogP contribution in [0.3, 0.4) is 0 Å². The van der Waals surface area contributed by atoms with Crippen molar-refractivity contribution in [3.63, 3.8) is 0 Å². The van der Waals surface area contributed by atoms with Crippen LogP contribution in [-0.4, -0.2) is 60.7 Å². The molecule has 0 spiro atoms. The van der Waals surface area contributed by atoms with Gasteiger partial charge in [-0.25, -0.2) is 4.98 Å². The summed E-state index contributed by atoms with van der Waals surface area (Å²) in [6.45, 7) is 5.76. The highest BCUT2D eigenvalue weighted by Gasteiger charge is 2.35. The van der Waals surface area contributed by atoms with E-state index in [1.165, 1.54) is 12.8 Å². The molecule has 3 rings (SSSR count). The number of carbonyl (C=O) groups is 1. The number of aromatic nitrogens is 1. The lowest BCUT2D eigenvalue weighted by atomic mass is 9.82. The fraction of sp³-hybridized carbons (Fsp3) is 0.800. The van der Waals surface area contributed by atoms with Crippen molar-refractivity contribution in [3.8, 4) is 0 Å². The average molecular weight is 395 g/mol. The lowest BCUT2D eigenvalue weighted by Crippen LogP contribution is -2.53. The first kappa shape index (κ1) is 20.7. The van der Waals surface area contributed by atoms with Crippen LogP contribution in [0.15, 0.2) is 10.9 Å². The van der Waals surface area contributed by atoms with Crippen LogP contribution >= 0.6 is 11.3 Å². The molecule has 2 N–H and O–H groups in total. The van der Waals surface area contributed by atoms with Gasteiger partial charge in [-0.3, -0.25) is 4.79 Å². The minimum atomic E-state index is 0.0638. The van der Waals surface area contributed by atoms with Gasteiger partial charge in [0.25, 0.3) is 0 Å². The first-order valence-corrected chi connectivity index (χ1v) is 11.3. The largest absolute Gasteiger partial charge is 0.377 e. The Morgan fingerprint density at radius 2 is 2.15 bits per heavy atom. The third-order valence-corrected chi connectivity index (χ3v) is 6.42. The quantitative estimate of drug-likeness (QED) is 0.709. The van der Waals surface area contributed by atoms with Crippen LogP contribution in [0.1, 0.15) is 51.1 Å². The third-order valence-electron chi connectivity index (χ3n) is 5.79. The Kier molecular flexibility index (Phi) is 8.06. The van der Waals surface area contributed by atoms with Gasteiger partial charge in [-0.05, 0) is 58.7 Å². The van der Waals surface area contributed by atoms with Crippen LogP contribution in [0.2, 0.25) is 0 Å². The standard InChI is InChI=1S/C20H34N4O2S/c1-3-10-26-19-5-4-15(20(25)21-12-17-13-27-14-22-17)11-18(19)23-16-6-8-24(2)9-7-16/h13-16,18-19,23H,3-12H2,1-2H3,(H,21,25)/t15-,18+,19+/m0/s1. The molecule has 2 aliphatic rings. The molecule has 3 atom stereocenters. The zero-order valence-electron chi connectivity index (χ0n) is 16.7. The molecule has 1 aromatic heterocycles. The van der Waals surface area contributed by atoms with Gasteiger partial charge in [0.2, 0.25) is 5.91 Å². The molecule has 1 saturated heterocycles. The molecule has 0 bridgehead atoms. The first-order chi connectivity index (χ1) is 13.2. The second-order valence-electron chi connectivity index (χ2n) is 7.97. The number of rotatable bonds is 8. The summed E-state index contributed by atoms with van der Waals surface area (Å²) in [5, 5.41) is 8.91. The Labute approximate surface area is 167 Å². The highest BCUT2D eigenvalue weighted by molar-refractivity contribution is 7.07. The SMILES string of the molecule is CCCO[C@@H]1CC[C@H](C(=O)NCc2cscn2)C[C@H]1NC1CCN(C)CC1. The second kappa shape index (κ2) is 10.5. The first-order valence-electron chi connectivity index (χ1n) is 10.4. The van der Waals surface area contributed by atoms with Crippen LogP contribution < -0.4 is 10.6 Å². The number of thiazole rings is 1. The van der Waals surface area contributed by atoms with E-state index >= 15 is 0 Å². The van der Waals surface area contributed by atoms with Gasteiger partial charge in [-0.1, -0.05) is 6.92 Å². The van der Waals surface area contributed by atoms with E-state index in [1.807, 2.05) is 5.38 Å². The second-order valence-corrected chi connectivity index (χ2v) is 8.69. The van der Waals surface area contributed by atoms with Crippen molar-refractivity contribution in [3.05, 3.63) is 16.6 Å². The van der Waals surface area contributed by atoms with Gasteiger partial charge in [0.1, 0.15) is 0 Å². The topological polar surface area (TPSA) is 66.5 Å². The Morgan fingerprint density at radius 3 is 2.85 bits per heavy atom. The van der Waals surface area contributed by atoms with E-state index in [4.69, 9.17) is 4.74 Å². The van der Waals surface area contributed by atoms with Gasteiger partial charge in [-0.2, -0.15) is 0 Å². The molecule has 2 heterocycles. The smallest absolute Gasteiger partial charge is 0.223 e. The summed E-state index contributed by atoms with van der Waals surface area (Å²) in [5.74, 6) is 0.223. The molecule has 6 nitrogen and oxygen atoms in total. The molecule has 27 heavy (non-hydrogen) atoms. The van der Waals surface area contributed by atoms with Gasteiger partial charge in [0.15, 0.2) is 0 Å². The molecule has 0 unspecified atom stereocenters. The van der Waals surface area contributed by atoms with Crippen molar-refractivity contribution < 1.29 is 9.53 Å². The molecule has 1 saturated carbocycles. The van der Waals surface area contributed by atoms with Crippen LogP contribution in [0.5, 0.6) is 0 Å². The Hall–Kier alpha value is -1.02. The molecule has 152 valence electrons. The summed E-state index contributed by atoms with van der Waals surface area (Å²) >= 11 is 1.56. The lowest BCUT2D eigenvalue weighted by molar-refractivity contribution is -0.128. The van der Waals surface area contributed by atoms with Gasteiger partial charge >= 0.3 is 0 Å². The summed E-state index contributed by atoms with van der Waals surface area (Å²) in [7, 11) is 2.19. The predicted octanol–water partition coefficient (Wildman–Crippen LogP) is 2.41. The van der Waals surface area contributed by atoms with Gasteiger partial charge in [0.05, 0.1) is 23.9 Å². The summed E-state index contributed by atoms with van der Waals surface area (Å²) in [6.07, 6.45) is 6.34.